The number of hydrogen-bond donors (Lipinski definition) is 1. The van der Waals surface area contributed by atoms with E-state index in [0.29, 0.717) is 22.5 Å². The van der Waals surface area contributed by atoms with Gasteiger partial charge in [-0.1, -0.05) is 34.4 Å². The maximum Gasteiger partial charge on any atom is 0.245 e. The van der Waals surface area contributed by atoms with Crippen molar-refractivity contribution in [2.45, 2.75) is 19.4 Å². The largest absolute Gasteiger partial charge is 0.396 e. The van der Waals surface area contributed by atoms with E-state index in [4.69, 9.17) is 23.2 Å². The Morgan fingerprint density at radius 2 is 2.00 bits per heavy atom. The molecule has 1 N–H and O–H groups in total. The van der Waals surface area contributed by atoms with E-state index in [0.717, 1.165) is 37.4 Å². The molecule has 8 heteroatoms. The zero-order valence-electron chi connectivity index (χ0n) is 12.0. The van der Waals surface area contributed by atoms with Gasteiger partial charge >= 0.3 is 0 Å². The highest BCUT2D eigenvalue weighted by Gasteiger charge is 2.23. The van der Waals surface area contributed by atoms with Crippen molar-refractivity contribution in [1.82, 2.24) is 20.2 Å². The Morgan fingerprint density at radius 3 is 2.68 bits per heavy atom. The molecule has 1 fully saturated rings. The zero-order valence-corrected chi connectivity index (χ0v) is 13.5. The molecular weight excluding hydrogens is 325 g/mol. The van der Waals surface area contributed by atoms with Gasteiger partial charge in [0, 0.05) is 29.7 Å². The van der Waals surface area contributed by atoms with E-state index in [1.54, 1.807) is 16.8 Å². The molecule has 2 aromatic rings. The Hall–Kier alpha value is -1.37. The summed E-state index contributed by atoms with van der Waals surface area (Å²) in [6.07, 6.45) is 1.90. The van der Waals surface area contributed by atoms with E-state index < -0.39 is 0 Å². The molecule has 1 aliphatic heterocycles. The van der Waals surface area contributed by atoms with Gasteiger partial charge in [0.15, 0.2) is 0 Å². The molecule has 1 aliphatic rings. The highest BCUT2D eigenvalue weighted by Crippen LogP contribution is 2.24. The van der Waals surface area contributed by atoms with Crippen LogP contribution in [0.5, 0.6) is 0 Å². The van der Waals surface area contributed by atoms with Crippen molar-refractivity contribution in [1.29, 1.82) is 0 Å². The van der Waals surface area contributed by atoms with E-state index in [1.807, 2.05) is 6.07 Å². The van der Waals surface area contributed by atoms with Gasteiger partial charge in [0.05, 0.1) is 6.54 Å². The van der Waals surface area contributed by atoms with Gasteiger partial charge in [-0.3, -0.25) is 0 Å². The van der Waals surface area contributed by atoms with Crippen molar-refractivity contribution in [3.8, 4) is 0 Å². The van der Waals surface area contributed by atoms with Crippen molar-refractivity contribution < 1.29 is 5.11 Å². The zero-order chi connectivity index (χ0) is 15.5. The van der Waals surface area contributed by atoms with Crippen molar-refractivity contribution >= 4 is 29.2 Å². The number of piperidine rings is 1. The van der Waals surface area contributed by atoms with Gasteiger partial charge in [0.1, 0.15) is 0 Å². The number of tetrazole rings is 1. The van der Waals surface area contributed by atoms with Crippen LogP contribution in [-0.2, 0) is 6.54 Å². The lowest BCUT2D eigenvalue weighted by Gasteiger charge is -2.31. The predicted octanol–water partition coefficient (Wildman–Crippen LogP) is 2.24. The molecule has 0 radical (unpaired) electrons. The van der Waals surface area contributed by atoms with Gasteiger partial charge in [-0.2, -0.15) is 0 Å². The Kier molecular flexibility index (Phi) is 4.81. The van der Waals surface area contributed by atoms with Gasteiger partial charge in [0.2, 0.25) is 5.95 Å². The summed E-state index contributed by atoms with van der Waals surface area (Å²) >= 11 is 12.1. The lowest BCUT2D eigenvalue weighted by molar-refractivity contribution is 0.202. The molecule has 1 aromatic carbocycles. The van der Waals surface area contributed by atoms with Crippen LogP contribution in [0.3, 0.4) is 0 Å². The number of anilines is 1. The first-order chi connectivity index (χ1) is 10.7. The van der Waals surface area contributed by atoms with Crippen LogP contribution in [0.15, 0.2) is 18.2 Å². The predicted molar refractivity (Wildman–Crippen MR) is 85.4 cm³/mol. The molecule has 1 aromatic heterocycles. The number of rotatable bonds is 4. The molecule has 6 nitrogen and oxygen atoms in total. The Balaban J connectivity index is 1.75. The molecule has 0 saturated carbocycles. The minimum atomic E-state index is 0.249. The average molecular weight is 342 g/mol. The van der Waals surface area contributed by atoms with Gasteiger partial charge < -0.3 is 10.0 Å². The number of nitrogens with zero attached hydrogens (tertiary/aromatic N) is 5. The summed E-state index contributed by atoms with van der Waals surface area (Å²) in [5.74, 6) is 1.12. The van der Waals surface area contributed by atoms with Crippen LogP contribution in [-0.4, -0.2) is 45.0 Å². The maximum atomic E-state index is 9.22. The highest BCUT2D eigenvalue weighted by molar-refractivity contribution is 6.35. The van der Waals surface area contributed by atoms with E-state index in [9.17, 15) is 5.11 Å². The highest BCUT2D eigenvalue weighted by atomic mass is 35.5. The van der Waals surface area contributed by atoms with Crippen LogP contribution < -0.4 is 4.90 Å². The Bertz CT molecular complexity index is 640. The second-order valence-electron chi connectivity index (χ2n) is 5.49. The number of hydrogen-bond acceptors (Lipinski definition) is 5. The minimum Gasteiger partial charge on any atom is -0.396 e. The van der Waals surface area contributed by atoms with Crippen molar-refractivity contribution in [2.75, 3.05) is 24.6 Å². The number of aliphatic hydroxyl groups excluding tert-OH is 1. The molecule has 0 atom stereocenters. The third kappa shape index (κ3) is 3.34. The summed E-state index contributed by atoms with van der Waals surface area (Å²) in [6, 6.07) is 5.41. The van der Waals surface area contributed by atoms with E-state index >= 15 is 0 Å². The number of benzene rings is 1. The fourth-order valence-corrected chi connectivity index (χ4v) is 3.12. The number of aliphatic hydroxyl groups is 1. The summed E-state index contributed by atoms with van der Waals surface area (Å²) < 4.78 is 1.74. The second kappa shape index (κ2) is 6.81. The van der Waals surface area contributed by atoms with E-state index in [1.165, 1.54) is 0 Å². The first kappa shape index (κ1) is 15.5. The summed E-state index contributed by atoms with van der Waals surface area (Å²) in [6.45, 7) is 2.44. The first-order valence-electron chi connectivity index (χ1n) is 7.23. The van der Waals surface area contributed by atoms with Crippen molar-refractivity contribution in [2.24, 2.45) is 5.92 Å². The van der Waals surface area contributed by atoms with Crippen molar-refractivity contribution in [3.63, 3.8) is 0 Å². The van der Waals surface area contributed by atoms with Gasteiger partial charge in [-0.15, -0.1) is 0 Å². The topological polar surface area (TPSA) is 67.1 Å². The quantitative estimate of drug-likeness (QED) is 0.923. The van der Waals surface area contributed by atoms with Gasteiger partial charge in [-0.25, -0.2) is 4.68 Å². The average Bonchev–Trinajstić information content (AvgIpc) is 2.98. The third-order valence-corrected chi connectivity index (χ3v) is 4.59. The molecule has 1 saturated heterocycles. The number of halogens is 2. The van der Waals surface area contributed by atoms with Crippen LogP contribution in [0.25, 0.3) is 0 Å². The molecule has 0 bridgehead atoms. The minimum absolute atomic E-state index is 0.249. The Morgan fingerprint density at radius 1 is 1.23 bits per heavy atom. The number of aromatic nitrogens is 4. The summed E-state index contributed by atoms with van der Waals surface area (Å²) in [7, 11) is 0. The third-order valence-electron chi connectivity index (χ3n) is 4.00. The molecule has 2 heterocycles. The molecule has 118 valence electrons. The molecule has 22 heavy (non-hydrogen) atoms. The lowest BCUT2D eigenvalue weighted by atomic mass is 9.98. The van der Waals surface area contributed by atoms with Crippen LogP contribution >= 0.6 is 23.2 Å². The van der Waals surface area contributed by atoms with E-state index in [-0.39, 0.29) is 6.61 Å². The maximum absolute atomic E-state index is 9.22. The van der Waals surface area contributed by atoms with Crippen molar-refractivity contribution in [3.05, 3.63) is 33.8 Å². The van der Waals surface area contributed by atoms with Gasteiger partial charge in [-0.05, 0) is 46.9 Å². The SMILES string of the molecule is OCC1CCN(c2nnnn2Cc2ccc(Cl)cc2Cl)CC1. The molecular formula is C14H17Cl2N5O. The van der Waals surface area contributed by atoms with Crippen LogP contribution in [0, 0.1) is 5.92 Å². The van der Waals surface area contributed by atoms with E-state index in [2.05, 4.69) is 20.4 Å². The standard InChI is InChI=1S/C14H17Cl2N5O/c15-12-2-1-11(13(16)7-12)8-21-14(17-18-19-21)20-5-3-10(9-22)4-6-20/h1-2,7,10,22H,3-6,8-9H2. The monoisotopic (exact) mass is 341 g/mol. The van der Waals surface area contributed by atoms with Crippen LogP contribution in [0.1, 0.15) is 18.4 Å². The molecule has 0 unspecified atom stereocenters. The second-order valence-corrected chi connectivity index (χ2v) is 6.33. The fraction of sp³-hybridized carbons (Fsp3) is 0.500. The summed E-state index contributed by atoms with van der Waals surface area (Å²) in [4.78, 5) is 2.15. The summed E-state index contributed by atoms with van der Waals surface area (Å²) in [5.41, 5.74) is 0.921. The fourth-order valence-electron chi connectivity index (χ4n) is 2.66. The first-order valence-corrected chi connectivity index (χ1v) is 7.99. The van der Waals surface area contributed by atoms with Gasteiger partial charge in [0.25, 0.3) is 0 Å². The lowest BCUT2D eigenvalue weighted by Crippen LogP contribution is -2.36. The Labute approximate surface area is 138 Å². The molecule has 0 spiro atoms. The normalized spacial score (nSPS) is 16.2. The smallest absolute Gasteiger partial charge is 0.245 e. The molecule has 0 amide bonds. The van der Waals surface area contributed by atoms with Crippen LogP contribution in [0.2, 0.25) is 10.0 Å². The molecule has 3 rings (SSSR count). The summed E-state index contributed by atoms with van der Waals surface area (Å²) in [5, 5.41) is 22.4. The molecule has 0 aliphatic carbocycles. The van der Waals surface area contributed by atoms with Crippen LogP contribution in [0.4, 0.5) is 5.95 Å².